The standard InChI is InChI=1S/C13H20N2O4S/c1-20(18,19)7-6-14-12(16)11-8-9-4-2-3-5-10(9)15(11)13(14)17/h9-11H,2-8H2,1H3/t9-,10-,11-/m0/s1. The van der Waals surface area contributed by atoms with Crippen molar-refractivity contribution in [2.75, 3.05) is 18.6 Å². The first-order valence-corrected chi connectivity index (χ1v) is 9.26. The van der Waals surface area contributed by atoms with Crippen molar-refractivity contribution in [3.8, 4) is 0 Å². The molecule has 0 aromatic heterocycles. The normalized spacial score (nSPS) is 33.5. The van der Waals surface area contributed by atoms with Crippen LogP contribution in [0.25, 0.3) is 0 Å². The minimum absolute atomic E-state index is 0.0130. The Balaban J connectivity index is 1.76. The Labute approximate surface area is 119 Å². The van der Waals surface area contributed by atoms with Crippen LogP contribution in [0.2, 0.25) is 0 Å². The largest absolute Gasteiger partial charge is 0.327 e. The lowest BCUT2D eigenvalue weighted by Gasteiger charge is -2.30. The summed E-state index contributed by atoms with van der Waals surface area (Å²) in [6, 6.07) is -0.429. The van der Waals surface area contributed by atoms with Gasteiger partial charge in [0.2, 0.25) is 0 Å². The lowest BCUT2D eigenvalue weighted by atomic mass is 9.84. The quantitative estimate of drug-likeness (QED) is 0.716. The monoisotopic (exact) mass is 300 g/mol. The van der Waals surface area contributed by atoms with Gasteiger partial charge in [-0.15, -0.1) is 0 Å². The fourth-order valence-corrected chi connectivity index (χ4v) is 4.35. The molecule has 0 aromatic carbocycles. The van der Waals surface area contributed by atoms with Gasteiger partial charge in [0.1, 0.15) is 15.9 Å². The van der Waals surface area contributed by atoms with Crippen LogP contribution in [-0.2, 0) is 14.6 Å². The highest BCUT2D eigenvalue weighted by molar-refractivity contribution is 7.90. The Morgan fingerprint density at radius 2 is 1.90 bits per heavy atom. The fourth-order valence-electron chi connectivity index (χ4n) is 3.83. The third kappa shape index (κ3) is 2.21. The molecule has 0 unspecified atom stereocenters. The zero-order valence-electron chi connectivity index (χ0n) is 11.6. The van der Waals surface area contributed by atoms with Crippen LogP contribution in [0.1, 0.15) is 32.1 Å². The molecule has 112 valence electrons. The highest BCUT2D eigenvalue weighted by atomic mass is 32.2. The summed E-state index contributed by atoms with van der Waals surface area (Å²) < 4.78 is 22.4. The average molecular weight is 300 g/mol. The highest BCUT2D eigenvalue weighted by Crippen LogP contribution is 2.43. The third-order valence-electron chi connectivity index (χ3n) is 4.78. The maximum Gasteiger partial charge on any atom is 0.327 e. The molecule has 0 aromatic rings. The molecule has 3 amide bonds. The van der Waals surface area contributed by atoms with Crippen LogP contribution in [-0.4, -0.2) is 60.8 Å². The van der Waals surface area contributed by atoms with E-state index in [0.717, 1.165) is 36.8 Å². The van der Waals surface area contributed by atoms with E-state index >= 15 is 0 Å². The number of rotatable bonds is 3. The lowest BCUT2D eigenvalue weighted by molar-refractivity contribution is -0.127. The number of hydrogen-bond donors (Lipinski definition) is 0. The van der Waals surface area contributed by atoms with Crippen LogP contribution in [0, 0.1) is 5.92 Å². The Morgan fingerprint density at radius 3 is 2.60 bits per heavy atom. The Bertz CT molecular complexity index is 545. The maximum absolute atomic E-state index is 12.4. The molecule has 3 rings (SSSR count). The van der Waals surface area contributed by atoms with Crippen molar-refractivity contribution in [2.24, 2.45) is 5.92 Å². The van der Waals surface area contributed by atoms with E-state index in [4.69, 9.17) is 0 Å². The summed E-state index contributed by atoms with van der Waals surface area (Å²) in [5.41, 5.74) is 0. The molecule has 6 nitrogen and oxygen atoms in total. The van der Waals surface area contributed by atoms with Gasteiger partial charge in [-0.3, -0.25) is 9.69 Å². The van der Waals surface area contributed by atoms with E-state index in [9.17, 15) is 18.0 Å². The summed E-state index contributed by atoms with van der Waals surface area (Å²) in [6.07, 6.45) is 6.24. The van der Waals surface area contributed by atoms with Gasteiger partial charge in [-0.05, 0) is 25.2 Å². The molecule has 3 fully saturated rings. The summed E-state index contributed by atoms with van der Waals surface area (Å²) >= 11 is 0. The smallest absolute Gasteiger partial charge is 0.309 e. The highest BCUT2D eigenvalue weighted by Gasteiger charge is 2.55. The minimum atomic E-state index is -3.17. The molecule has 7 heteroatoms. The molecule has 1 saturated carbocycles. The van der Waals surface area contributed by atoms with Gasteiger partial charge in [0.25, 0.3) is 5.91 Å². The number of sulfone groups is 1. The van der Waals surface area contributed by atoms with Crippen LogP contribution < -0.4 is 0 Å². The molecule has 0 N–H and O–H groups in total. The van der Waals surface area contributed by atoms with Crippen molar-refractivity contribution in [1.82, 2.24) is 9.80 Å². The second-order valence-corrected chi connectivity index (χ2v) is 8.43. The molecular weight excluding hydrogens is 280 g/mol. The Kier molecular flexibility index (Phi) is 3.27. The summed E-state index contributed by atoms with van der Waals surface area (Å²) in [6.45, 7) is -0.0130. The predicted molar refractivity (Wildman–Crippen MR) is 72.8 cm³/mol. The van der Waals surface area contributed by atoms with E-state index < -0.39 is 9.84 Å². The van der Waals surface area contributed by atoms with Gasteiger partial charge in [0, 0.05) is 18.8 Å². The van der Waals surface area contributed by atoms with Crippen molar-refractivity contribution in [3.63, 3.8) is 0 Å². The third-order valence-corrected chi connectivity index (χ3v) is 5.70. The molecule has 2 aliphatic heterocycles. The number of carbonyl (C=O) groups is 2. The SMILES string of the molecule is CS(=O)(=O)CCN1C(=O)[C@@H]2C[C@@H]3CCCC[C@@H]3N2C1=O. The second kappa shape index (κ2) is 4.72. The van der Waals surface area contributed by atoms with Gasteiger partial charge in [-0.1, -0.05) is 12.8 Å². The maximum atomic E-state index is 12.4. The summed E-state index contributed by atoms with van der Waals surface area (Å²) in [5.74, 6) is 0.103. The predicted octanol–water partition coefficient (Wildman–Crippen LogP) is 0.626. The molecular formula is C13H20N2O4S. The van der Waals surface area contributed by atoms with Gasteiger partial charge in [0.15, 0.2) is 0 Å². The topological polar surface area (TPSA) is 74.8 Å². The molecule has 3 atom stereocenters. The number of hydrogen-bond acceptors (Lipinski definition) is 4. The Morgan fingerprint density at radius 1 is 1.20 bits per heavy atom. The average Bonchev–Trinajstić information content (AvgIpc) is 2.85. The molecule has 20 heavy (non-hydrogen) atoms. The first kappa shape index (κ1) is 13.9. The summed E-state index contributed by atoms with van der Waals surface area (Å²) in [4.78, 5) is 27.6. The minimum Gasteiger partial charge on any atom is -0.309 e. The van der Waals surface area contributed by atoms with Gasteiger partial charge < -0.3 is 4.90 Å². The lowest BCUT2D eigenvalue weighted by Crippen LogP contribution is -2.42. The van der Waals surface area contributed by atoms with Crippen molar-refractivity contribution in [2.45, 2.75) is 44.2 Å². The van der Waals surface area contributed by atoms with Gasteiger partial charge in [0.05, 0.1) is 5.75 Å². The second-order valence-electron chi connectivity index (χ2n) is 6.17. The van der Waals surface area contributed by atoms with Crippen LogP contribution in [0.5, 0.6) is 0 Å². The number of nitrogens with zero attached hydrogens (tertiary/aromatic N) is 2. The zero-order valence-corrected chi connectivity index (χ0v) is 12.4. The van der Waals surface area contributed by atoms with Crippen LogP contribution in [0.15, 0.2) is 0 Å². The van der Waals surface area contributed by atoms with E-state index in [-0.39, 0.29) is 36.3 Å². The number of carbonyl (C=O) groups excluding carboxylic acids is 2. The molecule has 0 bridgehead atoms. The van der Waals surface area contributed by atoms with Crippen molar-refractivity contribution >= 4 is 21.8 Å². The van der Waals surface area contributed by atoms with E-state index in [2.05, 4.69) is 0 Å². The molecule has 2 saturated heterocycles. The number of imide groups is 1. The Hall–Kier alpha value is -1.11. The van der Waals surface area contributed by atoms with Gasteiger partial charge in [-0.2, -0.15) is 0 Å². The number of amides is 3. The van der Waals surface area contributed by atoms with Crippen LogP contribution in [0.3, 0.4) is 0 Å². The zero-order chi connectivity index (χ0) is 14.5. The molecule has 1 aliphatic carbocycles. The van der Waals surface area contributed by atoms with Gasteiger partial charge in [-0.25, -0.2) is 13.2 Å². The van der Waals surface area contributed by atoms with Gasteiger partial charge >= 0.3 is 6.03 Å². The summed E-state index contributed by atoms with van der Waals surface area (Å²) in [7, 11) is -3.17. The van der Waals surface area contributed by atoms with Crippen molar-refractivity contribution in [3.05, 3.63) is 0 Å². The van der Waals surface area contributed by atoms with Crippen LogP contribution >= 0.6 is 0 Å². The molecule has 3 aliphatic rings. The van der Waals surface area contributed by atoms with E-state index in [1.807, 2.05) is 0 Å². The van der Waals surface area contributed by atoms with E-state index in [1.165, 1.54) is 6.42 Å². The summed E-state index contributed by atoms with van der Waals surface area (Å²) in [5, 5.41) is 0. The van der Waals surface area contributed by atoms with E-state index in [0.29, 0.717) is 5.92 Å². The number of urea groups is 1. The number of fused-ring (bicyclic) bond motifs is 3. The first-order valence-electron chi connectivity index (χ1n) is 7.20. The first-order chi connectivity index (χ1) is 9.38. The van der Waals surface area contributed by atoms with E-state index in [1.54, 1.807) is 4.90 Å². The van der Waals surface area contributed by atoms with Crippen molar-refractivity contribution in [1.29, 1.82) is 0 Å². The van der Waals surface area contributed by atoms with Crippen LogP contribution in [0.4, 0.5) is 4.79 Å². The molecule has 2 heterocycles. The van der Waals surface area contributed by atoms with Crippen molar-refractivity contribution < 1.29 is 18.0 Å². The molecule has 0 radical (unpaired) electrons. The molecule has 0 spiro atoms. The fraction of sp³-hybridized carbons (Fsp3) is 0.846.